The number of rotatable bonds is 5. The number of carbonyl (C=O) groups excluding carboxylic acids is 2. The number of nitrogens with one attached hydrogen (secondary N) is 1. The Morgan fingerprint density at radius 1 is 1.19 bits per heavy atom. The molecule has 2 rings (SSSR count). The fraction of sp³-hybridized carbons (Fsp3) is 0.300. The number of nitrogens with zero attached hydrogens (tertiary/aromatic N) is 2. The molecule has 0 aliphatic heterocycles. The lowest BCUT2D eigenvalue weighted by atomic mass is 10.1. The summed E-state index contributed by atoms with van der Waals surface area (Å²) in [5.41, 5.74) is -0.0112. The summed E-state index contributed by atoms with van der Waals surface area (Å²) in [6.45, 7) is 7.40. The molecule has 1 amide bonds. The molecule has 0 saturated heterocycles. The number of amides is 1. The second-order valence-corrected chi connectivity index (χ2v) is 6.84. The second kappa shape index (κ2) is 7.91. The van der Waals surface area contributed by atoms with Crippen LogP contribution in [0.2, 0.25) is 0 Å². The molecule has 0 radical (unpaired) electrons. The molecule has 0 spiro atoms. The number of hydrogen-bond acceptors (Lipinski definition) is 4. The van der Waals surface area contributed by atoms with Gasteiger partial charge < -0.3 is 5.32 Å². The first kappa shape index (κ1) is 19.3. The zero-order valence-corrected chi connectivity index (χ0v) is 15.4. The molecule has 0 aliphatic rings. The molecule has 26 heavy (non-hydrogen) atoms. The third-order valence-electron chi connectivity index (χ3n) is 3.74. The highest BCUT2D eigenvalue weighted by molar-refractivity contribution is 6.04. The van der Waals surface area contributed by atoms with Crippen LogP contribution in [0.3, 0.4) is 0 Å². The van der Waals surface area contributed by atoms with Gasteiger partial charge in [0, 0.05) is 29.3 Å². The molecule has 0 aliphatic carbocycles. The molecule has 6 heteroatoms. The van der Waals surface area contributed by atoms with Crippen LogP contribution in [-0.4, -0.2) is 21.2 Å². The van der Waals surface area contributed by atoms with Crippen molar-refractivity contribution >= 4 is 23.6 Å². The molecule has 1 aromatic heterocycles. The fourth-order valence-corrected chi connectivity index (χ4v) is 2.24. The maximum absolute atomic E-state index is 12.4. The van der Waals surface area contributed by atoms with Crippen LogP contribution in [0.5, 0.6) is 0 Å². The van der Waals surface area contributed by atoms with Crippen LogP contribution < -0.4 is 11.0 Å². The molecule has 1 aromatic carbocycles. The summed E-state index contributed by atoms with van der Waals surface area (Å²) in [4.78, 5) is 40.4. The molecule has 1 N–H and O–H groups in total. The van der Waals surface area contributed by atoms with Gasteiger partial charge in [0.2, 0.25) is 0 Å². The summed E-state index contributed by atoms with van der Waals surface area (Å²) in [5.74, 6) is -0.300. The summed E-state index contributed by atoms with van der Waals surface area (Å²) in [5, 5.41) is 2.66. The lowest BCUT2D eigenvalue weighted by Gasteiger charge is -2.22. The molecule has 6 nitrogen and oxygen atoms in total. The van der Waals surface area contributed by atoms with Crippen molar-refractivity contribution < 1.29 is 9.59 Å². The van der Waals surface area contributed by atoms with Gasteiger partial charge >= 0.3 is 5.69 Å². The van der Waals surface area contributed by atoms with Crippen molar-refractivity contribution in [2.24, 2.45) is 0 Å². The maximum Gasteiger partial charge on any atom is 0.350 e. The number of benzene rings is 1. The molecular weight excluding hydrogens is 330 g/mol. The Bertz CT molecular complexity index is 891. The van der Waals surface area contributed by atoms with Crippen LogP contribution in [0.4, 0.5) is 5.82 Å². The van der Waals surface area contributed by atoms with E-state index in [-0.39, 0.29) is 17.5 Å². The van der Waals surface area contributed by atoms with E-state index in [4.69, 9.17) is 0 Å². The minimum Gasteiger partial charge on any atom is -0.306 e. The Labute approximate surface area is 152 Å². The summed E-state index contributed by atoms with van der Waals surface area (Å²) in [7, 11) is 0. The highest BCUT2D eigenvalue weighted by Gasteiger charge is 2.18. The van der Waals surface area contributed by atoms with E-state index in [0.717, 1.165) is 0 Å². The molecule has 0 fully saturated rings. The van der Waals surface area contributed by atoms with Gasteiger partial charge in [-0.15, -0.1) is 0 Å². The Hall–Kier alpha value is -3.02. The number of carbonyl (C=O) groups is 2. The van der Waals surface area contributed by atoms with Crippen LogP contribution in [0, 0.1) is 0 Å². The van der Waals surface area contributed by atoms with Gasteiger partial charge in [-0.1, -0.05) is 25.1 Å². The summed E-state index contributed by atoms with van der Waals surface area (Å²) in [6.07, 6.45) is 4.97. The second-order valence-electron chi connectivity index (χ2n) is 6.84. The van der Waals surface area contributed by atoms with Gasteiger partial charge in [-0.3, -0.25) is 14.2 Å². The predicted octanol–water partition coefficient (Wildman–Crippen LogP) is 3.24. The third kappa shape index (κ3) is 4.75. The van der Waals surface area contributed by atoms with E-state index in [0.29, 0.717) is 17.5 Å². The van der Waals surface area contributed by atoms with Crippen molar-refractivity contribution in [3.05, 3.63) is 64.2 Å². The zero-order valence-electron chi connectivity index (χ0n) is 15.4. The van der Waals surface area contributed by atoms with Crippen LogP contribution >= 0.6 is 0 Å². The Morgan fingerprint density at radius 3 is 2.42 bits per heavy atom. The van der Waals surface area contributed by atoms with E-state index >= 15 is 0 Å². The van der Waals surface area contributed by atoms with E-state index in [1.165, 1.54) is 10.6 Å². The molecule has 0 unspecified atom stereocenters. The number of allylic oxidation sites excluding steroid dienone is 1. The number of ketones is 1. The maximum atomic E-state index is 12.4. The largest absolute Gasteiger partial charge is 0.350 e. The van der Waals surface area contributed by atoms with Gasteiger partial charge in [0.15, 0.2) is 5.78 Å². The van der Waals surface area contributed by atoms with Gasteiger partial charge in [-0.25, -0.2) is 4.79 Å². The Morgan fingerprint density at radius 2 is 1.85 bits per heavy atom. The van der Waals surface area contributed by atoms with Gasteiger partial charge in [-0.05, 0) is 45.1 Å². The highest BCUT2D eigenvalue weighted by Crippen LogP contribution is 2.18. The van der Waals surface area contributed by atoms with Crippen molar-refractivity contribution in [2.45, 2.75) is 39.7 Å². The number of hydrogen-bond donors (Lipinski definition) is 1. The SMILES string of the molecule is CCC(=O)/C=C/c1cn(C(C)(C)C)c(=O)nc1NC(=O)c1ccccc1. The van der Waals surface area contributed by atoms with Crippen molar-refractivity contribution in [1.29, 1.82) is 0 Å². The van der Waals surface area contributed by atoms with Crippen molar-refractivity contribution in [2.75, 3.05) is 5.32 Å². The van der Waals surface area contributed by atoms with E-state index in [9.17, 15) is 14.4 Å². The zero-order chi connectivity index (χ0) is 19.3. The Balaban J connectivity index is 2.48. The van der Waals surface area contributed by atoms with E-state index in [1.54, 1.807) is 43.5 Å². The molecule has 0 atom stereocenters. The van der Waals surface area contributed by atoms with Gasteiger partial charge in [0.25, 0.3) is 5.91 Å². The normalized spacial score (nSPS) is 11.5. The summed E-state index contributed by atoms with van der Waals surface area (Å²) < 4.78 is 1.47. The van der Waals surface area contributed by atoms with Crippen LogP contribution in [0.25, 0.3) is 6.08 Å². The van der Waals surface area contributed by atoms with E-state index in [2.05, 4.69) is 10.3 Å². The van der Waals surface area contributed by atoms with Crippen LogP contribution in [0.15, 0.2) is 47.4 Å². The minimum atomic E-state index is -0.483. The molecule has 136 valence electrons. The van der Waals surface area contributed by atoms with Gasteiger partial charge in [0.1, 0.15) is 5.82 Å². The molecule has 0 saturated carbocycles. The fourth-order valence-electron chi connectivity index (χ4n) is 2.24. The number of aromatic nitrogens is 2. The average Bonchev–Trinajstić information content (AvgIpc) is 2.60. The first-order chi connectivity index (χ1) is 12.2. The molecule has 2 aromatic rings. The molecular formula is C20H23N3O3. The summed E-state index contributed by atoms with van der Waals surface area (Å²) in [6, 6.07) is 8.65. The number of anilines is 1. The van der Waals surface area contributed by atoms with Crippen molar-refractivity contribution in [3.8, 4) is 0 Å². The summed E-state index contributed by atoms with van der Waals surface area (Å²) >= 11 is 0. The van der Waals surface area contributed by atoms with E-state index < -0.39 is 11.2 Å². The van der Waals surface area contributed by atoms with Crippen molar-refractivity contribution in [1.82, 2.24) is 9.55 Å². The van der Waals surface area contributed by atoms with Gasteiger partial charge in [0.05, 0.1) is 0 Å². The smallest absolute Gasteiger partial charge is 0.306 e. The predicted molar refractivity (Wildman–Crippen MR) is 102 cm³/mol. The van der Waals surface area contributed by atoms with Crippen LogP contribution in [-0.2, 0) is 10.3 Å². The van der Waals surface area contributed by atoms with E-state index in [1.807, 2.05) is 26.8 Å². The quantitative estimate of drug-likeness (QED) is 0.837. The highest BCUT2D eigenvalue weighted by atomic mass is 16.2. The van der Waals surface area contributed by atoms with Gasteiger partial charge in [-0.2, -0.15) is 4.98 Å². The minimum absolute atomic E-state index is 0.0566. The third-order valence-corrected chi connectivity index (χ3v) is 3.74. The topological polar surface area (TPSA) is 81.1 Å². The lowest BCUT2D eigenvalue weighted by Crippen LogP contribution is -2.36. The lowest BCUT2D eigenvalue weighted by molar-refractivity contribution is -0.114. The van der Waals surface area contributed by atoms with Crippen molar-refractivity contribution in [3.63, 3.8) is 0 Å². The monoisotopic (exact) mass is 353 g/mol. The molecule has 0 bridgehead atoms. The van der Waals surface area contributed by atoms with Crippen LogP contribution in [0.1, 0.15) is 50.0 Å². The standard InChI is InChI=1S/C20H23N3O3/c1-5-16(24)12-11-15-13-23(20(2,3)4)19(26)22-17(15)21-18(25)14-9-7-6-8-10-14/h6-13H,5H2,1-4H3,(H,21,22,25,26)/b12-11+. The Kier molecular flexibility index (Phi) is 5.87. The molecule has 1 heterocycles. The first-order valence-electron chi connectivity index (χ1n) is 8.44. The average molecular weight is 353 g/mol. The first-order valence-corrected chi connectivity index (χ1v) is 8.44.